The molecule has 2 aromatic carbocycles. The highest BCUT2D eigenvalue weighted by molar-refractivity contribution is 5.86. The van der Waals surface area contributed by atoms with Crippen LogP contribution in [0.4, 0.5) is 0 Å². The van der Waals surface area contributed by atoms with Crippen molar-refractivity contribution in [2.75, 3.05) is 7.11 Å². The molecule has 1 aliphatic rings. The van der Waals surface area contributed by atoms with Crippen LogP contribution < -0.4 is 9.47 Å². The fourth-order valence-electron chi connectivity index (χ4n) is 2.52. The Kier molecular flexibility index (Phi) is 3.91. The number of hydrogen-bond acceptors (Lipinski definition) is 3. The van der Waals surface area contributed by atoms with E-state index in [4.69, 9.17) is 9.47 Å². The molecule has 0 N–H and O–H groups in total. The molecule has 0 saturated heterocycles. The maximum absolute atomic E-state index is 11.1. The van der Waals surface area contributed by atoms with Crippen LogP contribution in [0.2, 0.25) is 0 Å². The Balaban J connectivity index is 1.71. The van der Waals surface area contributed by atoms with E-state index >= 15 is 0 Å². The largest absolute Gasteiger partial charge is 0.493 e. The zero-order valence-corrected chi connectivity index (χ0v) is 12.0. The van der Waals surface area contributed by atoms with Gasteiger partial charge in [-0.25, -0.2) is 0 Å². The third-order valence-electron chi connectivity index (χ3n) is 3.84. The van der Waals surface area contributed by atoms with Crippen molar-refractivity contribution in [2.45, 2.75) is 25.4 Å². The summed E-state index contributed by atoms with van der Waals surface area (Å²) in [4.78, 5) is 11.1. The fraction of sp³-hybridized carbons (Fsp3) is 0.278. The summed E-state index contributed by atoms with van der Waals surface area (Å²) >= 11 is 0. The Labute approximate surface area is 124 Å². The molecule has 1 aliphatic carbocycles. The highest BCUT2D eigenvalue weighted by atomic mass is 16.5. The molecule has 108 valence electrons. The lowest BCUT2D eigenvalue weighted by molar-refractivity contribution is -0.124. The topological polar surface area (TPSA) is 35.5 Å². The van der Waals surface area contributed by atoms with E-state index in [1.165, 1.54) is 0 Å². The first-order chi connectivity index (χ1) is 10.3. The van der Waals surface area contributed by atoms with Gasteiger partial charge in [0.2, 0.25) is 0 Å². The van der Waals surface area contributed by atoms with E-state index in [9.17, 15) is 4.79 Å². The Morgan fingerprint density at radius 1 is 1.05 bits per heavy atom. The predicted octanol–water partition coefficient (Wildman–Crippen LogP) is 3.72. The standard InChI is InChI=1S/C18H18O3/c1-20-18-11-14(15-9-16(19)10-15)7-8-17(18)21-12-13-5-3-2-4-6-13/h2-8,11,15H,9-10,12H2,1H3. The number of rotatable bonds is 5. The predicted molar refractivity (Wildman–Crippen MR) is 80.8 cm³/mol. The quantitative estimate of drug-likeness (QED) is 0.838. The number of ketones is 1. The molecule has 1 fully saturated rings. The first-order valence-electron chi connectivity index (χ1n) is 7.12. The Bertz CT molecular complexity index is 626. The van der Waals surface area contributed by atoms with Crippen molar-refractivity contribution in [1.82, 2.24) is 0 Å². The molecule has 0 atom stereocenters. The van der Waals surface area contributed by atoms with Crippen molar-refractivity contribution in [3.05, 3.63) is 59.7 Å². The number of methoxy groups -OCH3 is 1. The van der Waals surface area contributed by atoms with Gasteiger partial charge in [0.25, 0.3) is 0 Å². The van der Waals surface area contributed by atoms with Crippen LogP contribution >= 0.6 is 0 Å². The van der Waals surface area contributed by atoms with Gasteiger partial charge in [0.05, 0.1) is 7.11 Å². The molecule has 3 nitrogen and oxygen atoms in total. The highest BCUT2D eigenvalue weighted by Crippen LogP contribution is 2.38. The minimum absolute atomic E-state index is 0.336. The molecular weight excluding hydrogens is 264 g/mol. The monoisotopic (exact) mass is 282 g/mol. The van der Waals surface area contributed by atoms with Crippen LogP contribution in [0.5, 0.6) is 11.5 Å². The zero-order chi connectivity index (χ0) is 14.7. The van der Waals surface area contributed by atoms with Crippen molar-refractivity contribution in [1.29, 1.82) is 0 Å². The van der Waals surface area contributed by atoms with Crippen molar-refractivity contribution in [2.24, 2.45) is 0 Å². The molecular formula is C18H18O3. The van der Waals surface area contributed by atoms with Crippen LogP contribution in [0.15, 0.2) is 48.5 Å². The lowest BCUT2D eigenvalue weighted by atomic mass is 9.79. The Morgan fingerprint density at radius 2 is 1.81 bits per heavy atom. The molecule has 0 heterocycles. The van der Waals surface area contributed by atoms with E-state index in [0.717, 1.165) is 22.6 Å². The molecule has 0 amide bonds. The average Bonchev–Trinajstić information content (AvgIpc) is 2.51. The minimum Gasteiger partial charge on any atom is -0.493 e. The smallest absolute Gasteiger partial charge is 0.161 e. The van der Waals surface area contributed by atoms with Gasteiger partial charge < -0.3 is 9.47 Å². The van der Waals surface area contributed by atoms with E-state index in [0.29, 0.717) is 31.1 Å². The van der Waals surface area contributed by atoms with Crippen molar-refractivity contribution in [3.8, 4) is 11.5 Å². The molecule has 3 rings (SSSR count). The van der Waals surface area contributed by atoms with Crippen LogP contribution in [-0.4, -0.2) is 12.9 Å². The summed E-state index contributed by atoms with van der Waals surface area (Å²) in [5.74, 6) is 2.14. The molecule has 0 aliphatic heterocycles. The number of benzene rings is 2. The van der Waals surface area contributed by atoms with Crippen molar-refractivity contribution < 1.29 is 14.3 Å². The van der Waals surface area contributed by atoms with Gasteiger partial charge in [-0.1, -0.05) is 36.4 Å². The summed E-state index contributed by atoms with van der Waals surface area (Å²) in [5.41, 5.74) is 2.27. The second-order valence-corrected chi connectivity index (χ2v) is 5.33. The van der Waals surface area contributed by atoms with Gasteiger partial charge in [-0.3, -0.25) is 4.79 Å². The van der Waals surface area contributed by atoms with Crippen LogP contribution in [0.3, 0.4) is 0 Å². The van der Waals surface area contributed by atoms with Crippen LogP contribution in [-0.2, 0) is 11.4 Å². The number of ether oxygens (including phenoxy) is 2. The number of carbonyl (C=O) groups is 1. The van der Waals surface area contributed by atoms with Crippen LogP contribution in [0.25, 0.3) is 0 Å². The van der Waals surface area contributed by atoms with Crippen molar-refractivity contribution >= 4 is 5.78 Å². The second kappa shape index (κ2) is 6.00. The summed E-state index contributed by atoms with van der Waals surface area (Å²) in [6.07, 6.45) is 1.29. The molecule has 0 aromatic heterocycles. The molecule has 1 saturated carbocycles. The lowest BCUT2D eigenvalue weighted by Gasteiger charge is -2.25. The molecule has 0 radical (unpaired) electrons. The van der Waals surface area contributed by atoms with Gasteiger partial charge in [0.1, 0.15) is 12.4 Å². The molecule has 0 bridgehead atoms. The summed E-state index contributed by atoms with van der Waals surface area (Å²) < 4.78 is 11.2. The summed E-state index contributed by atoms with van der Waals surface area (Å²) in [6.45, 7) is 0.512. The van der Waals surface area contributed by atoms with Gasteiger partial charge >= 0.3 is 0 Å². The minimum atomic E-state index is 0.336. The van der Waals surface area contributed by atoms with E-state index < -0.39 is 0 Å². The van der Waals surface area contributed by atoms with Gasteiger partial charge in [0.15, 0.2) is 11.5 Å². The van der Waals surface area contributed by atoms with Crippen LogP contribution in [0.1, 0.15) is 29.9 Å². The maximum Gasteiger partial charge on any atom is 0.161 e. The summed E-state index contributed by atoms with van der Waals surface area (Å²) in [7, 11) is 1.64. The van der Waals surface area contributed by atoms with Gasteiger partial charge in [-0.2, -0.15) is 0 Å². The highest BCUT2D eigenvalue weighted by Gasteiger charge is 2.28. The van der Waals surface area contributed by atoms with Crippen LogP contribution in [0, 0.1) is 0 Å². The van der Waals surface area contributed by atoms with Gasteiger partial charge in [-0.15, -0.1) is 0 Å². The van der Waals surface area contributed by atoms with E-state index in [1.807, 2.05) is 48.5 Å². The number of Topliss-reactive ketones (excluding diaryl/α,β-unsaturated/α-hetero) is 1. The molecule has 2 aromatic rings. The molecule has 0 spiro atoms. The normalized spacial score (nSPS) is 14.6. The average molecular weight is 282 g/mol. The lowest BCUT2D eigenvalue weighted by Crippen LogP contribution is -2.21. The second-order valence-electron chi connectivity index (χ2n) is 5.33. The first-order valence-corrected chi connectivity index (χ1v) is 7.12. The van der Waals surface area contributed by atoms with E-state index in [-0.39, 0.29) is 0 Å². The molecule has 21 heavy (non-hydrogen) atoms. The summed E-state index contributed by atoms with van der Waals surface area (Å²) in [5, 5.41) is 0. The fourth-order valence-corrected chi connectivity index (χ4v) is 2.52. The molecule has 0 unspecified atom stereocenters. The first kappa shape index (κ1) is 13.7. The Morgan fingerprint density at radius 3 is 2.48 bits per heavy atom. The Hall–Kier alpha value is -2.29. The third kappa shape index (κ3) is 3.07. The maximum atomic E-state index is 11.1. The number of hydrogen-bond donors (Lipinski definition) is 0. The van der Waals surface area contributed by atoms with Crippen molar-refractivity contribution in [3.63, 3.8) is 0 Å². The molecule has 3 heteroatoms. The summed E-state index contributed by atoms with van der Waals surface area (Å²) in [6, 6.07) is 16.0. The van der Waals surface area contributed by atoms with Gasteiger partial charge in [-0.05, 0) is 29.2 Å². The number of carbonyl (C=O) groups excluding carboxylic acids is 1. The van der Waals surface area contributed by atoms with E-state index in [2.05, 4.69) is 0 Å². The SMILES string of the molecule is COc1cc(C2CC(=O)C2)ccc1OCc1ccccc1. The zero-order valence-electron chi connectivity index (χ0n) is 12.0. The third-order valence-corrected chi connectivity index (χ3v) is 3.84. The van der Waals surface area contributed by atoms with Gasteiger partial charge in [0, 0.05) is 12.8 Å². The van der Waals surface area contributed by atoms with E-state index in [1.54, 1.807) is 7.11 Å².